The molecule has 1 aromatic carbocycles. The minimum Gasteiger partial charge on any atom is -0.466 e. The van der Waals surface area contributed by atoms with Crippen LogP contribution >= 0.6 is 0 Å². The number of carbonyl (C=O) groups is 1. The van der Waals surface area contributed by atoms with Gasteiger partial charge in [0.1, 0.15) is 5.82 Å². The van der Waals surface area contributed by atoms with E-state index in [1.54, 1.807) is 25.1 Å². The quantitative estimate of drug-likeness (QED) is 0.800. The van der Waals surface area contributed by atoms with Gasteiger partial charge in [-0.15, -0.1) is 0 Å². The second-order valence-electron chi connectivity index (χ2n) is 3.42. The van der Waals surface area contributed by atoms with Crippen molar-refractivity contribution in [3.05, 3.63) is 41.2 Å². The second kappa shape index (κ2) is 6.81. The van der Waals surface area contributed by atoms with Crippen molar-refractivity contribution in [2.45, 2.75) is 20.0 Å². The summed E-state index contributed by atoms with van der Waals surface area (Å²) < 4.78 is 18.0. The van der Waals surface area contributed by atoms with Crippen molar-refractivity contribution in [1.82, 2.24) is 0 Å². The van der Waals surface area contributed by atoms with Gasteiger partial charge < -0.3 is 9.84 Å². The number of aliphatic hydroxyl groups is 1. The van der Waals surface area contributed by atoms with Gasteiger partial charge in [-0.2, -0.15) is 0 Å². The van der Waals surface area contributed by atoms with Gasteiger partial charge in [0, 0.05) is 5.56 Å². The maximum Gasteiger partial charge on any atom is 0.309 e. The van der Waals surface area contributed by atoms with E-state index in [2.05, 4.69) is 0 Å². The average Bonchev–Trinajstić information content (AvgIpc) is 2.29. The number of benzene rings is 1. The topological polar surface area (TPSA) is 46.5 Å². The van der Waals surface area contributed by atoms with Crippen LogP contribution in [0.2, 0.25) is 0 Å². The molecule has 0 aromatic heterocycles. The van der Waals surface area contributed by atoms with Gasteiger partial charge in [-0.25, -0.2) is 4.39 Å². The Hall–Kier alpha value is -1.68. The van der Waals surface area contributed by atoms with Gasteiger partial charge in [0.15, 0.2) is 0 Å². The molecule has 1 N–H and O–H groups in total. The summed E-state index contributed by atoms with van der Waals surface area (Å²) in [6.45, 7) is 1.77. The highest BCUT2D eigenvalue weighted by Gasteiger charge is 2.01. The number of aliphatic hydroxyl groups excluding tert-OH is 1. The minimum atomic E-state index is -0.453. The fourth-order valence-electron chi connectivity index (χ4n) is 1.31. The first-order chi connectivity index (χ1) is 8.17. The number of halogens is 1. The van der Waals surface area contributed by atoms with Crippen LogP contribution in [-0.2, 0) is 16.1 Å². The molecule has 0 radical (unpaired) electrons. The summed E-state index contributed by atoms with van der Waals surface area (Å²) in [6, 6.07) is 4.50. The first kappa shape index (κ1) is 13.4. The standard InChI is InChI=1S/C13H15FO3/c1-2-17-13(16)5-3-4-10-6-7-11(9-15)12(14)8-10/h3-4,6-8,15H,2,5,9H2,1H3. The van der Waals surface area contributed by atoms with Crippen LogP contribution in [0.4, 0.5) is 4.39 Å². The van der Waals surface area contributed by atoms with Crippen LogP contribution in [0.3, 0.4) is 0 Å². The summed E-state index contributed by atoms with van der Waals surface area (Å²) in [4.78, 5) is 11.0. The van der Waals surface area contributed by atoms with E-state index in [9.17, 15) is 9.18 Å². The molecule has 0 saturated heterocycles. The molecule has 0 aliphatic carbocycles. The maximum absolute atomic E-state index is 13.3. The lowest BCUT2D eigenvalue weighted by atomic mass is 10.1. The van der Waals surface area contributed by atoms with Gasteiger partial charge in [-0.05, 0) is 18.6 Å². The van der Waals surface area contributed by atoms with E-state index in [4.69, 9.17) is 9.84 Å². The molecular weight excluding hydrogens is 223 g/mol. The van der Waals surface area contributed by atoms with Crippen molar-refractivity contribution in [3.8, 4) is 0 Å². The van der Waals surface area contributed by atoms with Gasteiger partial charge in [-0.1, -0.05) is 24.3 Å². The first-order valence-corrected chi connectivity index (χ1v) is 5.38. The summed E-state index contributed by atoms with van der Waals surface area (Å²) in [6.07, 6.45) is 3.42. The molecule has 0 amide bonds. The van der Waals surface area contributed by atoms with Crippen LogP contribution in [0.25, 0.3) is 6.08 Å². The Morgan fingerprint density at radius 3 is 2.88 bits per heavy atom. The van der Waals surface area contributed by atoms with E-state index in [0.717, 1.165) is 0 Å². The van der Waals surface area contributed by atoms with Crippen molar-refractivity contribution < 1.29 is 19.0 Å². The van der Waals surface area contributed by atoms with Crippen LogP contribution in [0.15, 0.2) is 24.3 Å². The third-order valence-electron chi connectivity index (χ3n) is 2.15. The van der Waals surface area contributed by atoms with Gasteiger partial charge in [0.05, 0.1) is 19.6 Å². The smallest absolute Gasteiger partial charge is 0.309 e. The number of carbonyl (C=O) groups excluding carboxylic acids is 1. The van der Waals surface area contributed by atoms with Gasteiger partial charge in [-0.3, -0.25) is 4.79 Å². The molecule has 0 bridgehead atoms. The molecule has 1 rings (SSSR count). The fraction of sp³-hybridized carbons (Fsp3) is 0.308. The Morgan fingerprint density at radius 2 is 2.29 bits per heavy atom. The molecule has 0 unspecified atom stereocenters. The fourth-order valence-corrected chi connectivity index (χ4v) is 1.31. The Balaban J connectivity index is 2.60. The van der Waals surface area contributed by atoms with E-state index in [-0.39, 0.29) is 24.6 Å². The van der Waals surface area contributed by atoms with Crippen LogP contribution in [-0.4, -0.2) is 17.7 Å². The molecule has 0 atom stereocenters. The highest BCUT2D eigenvalue weighted by atomic mass is 19.1. The van der Waals surface area contributed by atoms with E-state index >= 15 is 0 Å². The molecule has 3 nitrogen and oxygen atoms in total. The van der Waals surface area contributed by atoms with E-state index in [1.807, 2.05) is 0 Å². The number of hydrogen-bond donors (Lipinski definition) is 1. The molecule has 0 saturated carbocycles. The van der Waals surface area contributed by atoms with Crippen LogP contribution < -0.4 is 0 Å². The SMILES string of the molecule is CCOC(=O)CC=Cc1ccc(CO)c(F)c1. The van der Waals surface area contributed by atoms with Gasteiger partial charge >= 0.3 is 5.97 Å². The number of esters is 1. The first-order valence-electron chi connectivity index (χ1n) is 5.38. The van der Waals surface area contributed by atoms with Crippen LogP contribution in [0, 0.1) is 5.82 Å². The summed E-state index contributed by atoms with van der Waals surface area (Å²) in [5.41, 5.74) is 0.900. The van der Waals surface area contributed by atoms with Crippen molar-refractivity contribution >= 4 is 12.0 Å². The lowest BCUT2D eigenvalue weighted by Gasteiger charge is -2.00. The highest BCUT2D eigenvalue weighted by Crippen LogP contribution is 2.12. The molecule has 0 heterocycles. The molecular formula is C13H15FO3. The van der Waals surface area contributed by atoms with Gasteiger partial charge in [0.2, 0.25) is 0 Å². The molecule has 0 aliphatic rings. The van der Waals surface area contributed by atoms with Crippen LogP contribution in [0.1, 0.15) is 24.5 Å². The largest absolute Gasteiger partial charge is 0.466 e. The lowest BCUT2D eigenvalue weighted by molar-refractivity contribution is -0.142. The minimum absolute atomic E-state index is 0.164. The third kappa shape index (κ3) is 4.36. The molecule has 0 spiro atoms. The number of hydrogen-bond acceptors (Lipinski definition) is 3. The highest BCUT2D eigenvalue weighted by molar-refractivity contribution is 5.72. The molecule has 92 valence electrons. The van der Waals surface area contributed by atoms with Crippen LogP contribution in [0.5, 0.6) is 0 Å². The van der Waals surface area contributed by atoms with Crippen molar-refractivity contribution in [2.75, 3.05) is 6.61 Å². The van der Waals surface area contributed by atoms with Gasteiger partial charge in [0.25, 0.3) is 0 Å². The predicted octanol–water partition coefficient (Wildman–Crippen LogP) is 2.28. The normalized spacial score (nSPS) is 10.8. The predicted molar refractivity (Wildman–Crippen MR) is 62.6 cm³/mol. The van der Waals surface area contributed by atoms with E-state index in [1.165, 1.54) is 12.1 Å². The summed E-state index contributed by atoms with van der Waals surface area (Å²) in [7, 11) is 0. The zero-order valence-electron chi connectivity index (χ0n) is 9.65. The molecule has 0 fully saturated rings. The monoisotopic (exact) mass is 238 g/mol. The van der Waals surface area contributed by atoms with E-state index < -0.39 is 5.82 Å². The third-order valence-corrected chi connectivity index (χ3v) is 2.15. The Morgan fingerprint density at radius 1 is 1.53 bits per heavy atom. The maximum atomic E-state index is 13.3. The summed E-state index contributed by atoms with van der Waals surface area (Å²) in [5.74, 6) is -0.762. The van der Waals surface area contributed by atoms with E-state index in [0.29, 0.717) is 12.2 Å². The summed E-state index contributed by atoms with van der Waals surface area (Å²) in [5, 5.41) is 8.80. The van der Waals surface area contributed by atoms with Crippen molar-refractivity contribution in [1.29, 1.82) is 0 Å². The number of rotatable bonds is 5. The molecule has 0 aliphatic heterocycles. The summed E-state index contributed by atoms with van der Waals surface area (Å²) >= 11 is 0. The second-order valence-corrected chi connectivity index (χ2v) is 3.42. The molecule has 17 heavy (non-hydrogen) atoms. The van der Waals surface area contributed by atoms with Crippen molar-refractivity contribution in [2.24, 2.45) is 0 Å². The Labute approximate surface area is 99.5 Å². The molecule has 1 aromatic rings. The van der Waals surface area contributed by atoms with Crippen molar-refractivity contribution in [3.63, 3.8) is 0 Å². The lowest BCUT2D eigenvalue weighted by Crippen LogP contribution is -2.01. The molecule has 4 heteroatoms. The zero-order valence-corrected chi connectivity index (χ0v) is 9.65. The average molecular weight is 238 g/mol. The number of ether oxygens (including phenoxy) is 1. The zero-order chi connectivity index (χ0) is 12.7. The Kier molecular flexibility index (Phi) is 5.36. The Bertz CT molecular complexity index is 413.